The number of benzene rings is 2. The smallest absolute Gasteiger partial charge is 0.244 e. The molecule has 0 spiro atoms. The number of anilines is 2. The second-order valence-corrected chi connectivity index (χ2v) is 10.9. The van der Waals surface area contributed by atoms with Gasteiger partial charge in [0.05, 0.1) is 29.7 Å². The van der Waals surface area contributed by atoms with Crippen molar-refractivity contribution in [3.05, 3.63) is 53.3 Å². The van der Waals surface area contributed by atoms with Gasteiger partial charge in [-0.15, -0.1) is 0 Å². The topological polar surface area (TPSA) is 88.1 Å². The first-order valence-electron chi connectivity index (χ1n) is 9.35. The molecule has 31 heavy (non-hydrogen) atoms. The molecule has 1 amide bonds. The number of hydrogen-bond donors (Lipinski definition) is 1. The summed E-state index contributed by atoms with van der Waals surface area (Å²) in [6.45, 7) is -0.0831. The molecule has 11 heteroatoms. The number of aliphatic imine (C=N–C) groups is 1. The number of amides is 1. The van der Waals surface area contributed by atoms with Crippen LogP contribution in [0.2, 0.25) is 5.02 Å². The molecule has 0 aliphatic carbocycles. The van der Waals surface area contributed by atoms with E-state index in [1.54, 1.807) is 30.2 Å². The van der Waals surface area contributed by atoms with E-state index in [1.165, 1.54) is 30.0 Å². The van der Waals surface area contributed by atoms with Crippen LogP contribution in [-0.4, -0.2) is 55.9 Å². The highest BCUT2D eigenvalue weighted by Crippen LogP contribution is 2.37. The molecule has 1 saturated heterocycles. The highest BCUT2D eigenvalue weighted by molar-refractivity contribution is 8.15. The van der Waals surface area contributed by atoms with E-state index in [0.29, 0.717) is 22.3 Å². The molecule has 0 unspecified atom stereocenters. The van der Waals surface area contributed by atoms with E-state index in [2.05, 4.69) is 10.3 Å². The largest absolute Gasteiger partial charge is 0.497 e. The van der Waals surface area contributed by atoms with E-state index >= 15 is 0 Å². The Labute approximate surface area is 188 Å². The maximum absolute atomic E-state index is 13.4. The molecule has 164 valence electrons. The van der Waals surface area contributed by atoms with Gasteiger partial charge in [-0.25, -0.2) is 12.8 Å². The van der Waals surface area contributed by atoms with Crippen molar-refractivity contribution in [2.45, 2.75) is 11.3 Å². The van der Waals surface area contributed by atoms with E-state index in [9.17, 15) is 17.6 Å². The maximum atomic E-state index is 13.4. The van der Waals surface area contributed by atoms with Gasteiger partial charge in [0.15, 0.2) is 15.0 Å². The molecule has 0 bridgehead atoms. The lowest BCUT2D eigenvalue weighted by molar-refractivity contribution is -0.114. The van der Waals surface area contributed by atoms with Crippen LogP contribution in [-0.2, 0) is 14.6 Å². The molecule has 0 saturated carbocycles. The quantitative estimate of drug-likeness (QED) is 0.702. The predicted octanol–water partition coefficient (Wildman–Crippen LogP) is 3.20. The molecule has 2 aliphatic rings. The van der Waals surface area contributed by atoms with Crippen molar-refractivity contribution in [3.63, 3.8) is 0 Å². The fourth-order valence-electron chi connectivity index (χ4n) is 3.44. The minimum atomic E-state index is -3.09. The Morgan fingerprint density at radius 1 is 1.32 bits per heavy atom. The zero-order chi connectivity index (χ0) is 22.2. The molecule has 7 nitrogen and oxygen atoms in total. The normalized spacial score (nSPS) is 21.3. The number of carbonyl (C=O) groups is 1. The standard InChI is InChI=1S/C20H19ClFN3O4S2/c1-29-14-4-2-3-13(8-14)25(20-24-17-10-31(27,28)11-18(17)30-20)9-19(26)23-12-5-6-16(22)15(21)7-12/h2-8,17-18H,9-11H2,1H3,(H,23,26)/t17-,18-/m0/s1. The average molecular weight is 484 g/mol. The highest BCUT2D eigenvalue weighted by atomic mass is 35.5. The van der Waals surface area contributed by atoms with Crippen molar-refractivity contribution >= 4 is 55.6 Å². The van der Waals surface area contributed by atoms with Crippen LogP contribution in [0.4, 0.5) is 15.8 Å². The van der Waals surface area contributed by atoms with Crippen molar-refractivity contribution in [1.29, 1.82) is 0 Å². The highest BCUT2D eigenvalue weighted by Gasteiger charge is 2.44. The van der Waals surface area contributed by atoms with E-state index in [0.717, 1.165) is 0 Å². The number of sulfone groups is 1. The lowest BCUT2D eigenvalue weighted by atomic mass is 10.2. The van der Waals surface area contributed by atoms with Crippen molar-refractivity contribution in [1.82, 2.24) is 0 Å². The summed E-state index contributed by atoms with van der Waals surface area (Å²) in [6.07, 6.45) is 0. The number of fused-ring (bicyclic) bond motifs is 1. The number of ether oxygens (including phenoxy) is 1. The van der Waals surface area contributed by atoms with E-state index in [1.807, 2.05) is 6.07 Å². The number of amidine groups is 1. The Hall–Kier alpha value is -2.30. The molecule has 2 aromatic carbocycles. The number of methoxy groups -OCH3 is 1. The summed E-state index contributed by atoms with van der Waals surface area (Å²) < 4.78 is 42.5. The van der Waals surface area contributed by atoms with Crippen LogP contribution in [0.15, 0.2) is 47.5 Å². The number of halogens is 2. The zero-order valence-corrected chi connectivity index (χ0v) is 18.8. The van der Waals surface area contributed by atoms with Crippen LogP contribution in [0, 0.1) is 5.82 Å². The van der Waals surface area contributed by atoms with Crippen molar-refractivity contribution in [2.75, 3.05) is 35.4 Å². The van der Waals surface area contributed by atoms with Crippen LogP contribution >= 0.6 is 23.4 Å². The van der Waals surface area contributed by atoms with Crippen LogP contribution in [0.3, 0.4) is 0 Å². The summed E-state index contributed by atoms with van der Waals surface area (Å²) in [5.74, 6) is -0.240. The fourth-order valence-corrected chi connectivity index (χ4v) is 7.40. The summed E-state index contributed by atoms with van der Waals surface area (Å²) in [7, 11) is -1.54. The van der Waals surface area contributed by atoms with Crippen molar-refractivity contribution in [3.8, 4) is 5.75 Å². The maximum Gasteiger partial charge on any atom is 0.244 e. The number of nitrogens with one attached hydrogen (secondary N) is 1. The lowest BCUT2D eigenvalue weighted by Crippen LogP contribution is -2.36. The molecule has 2 aliphatic heterocycles. The van der Waals surface area contributed by atoms with Crippen molar-refractivity contribution in [2.24, 2.45) is 4.99 Å². The van der Waals surface area contributed by atoms with Gasteiger partial charge in [0.1, 0.15) is 18.1 Å². The number of hydrogen-bond acceptors (Lipinski definition) is 7. The van der Waals surface area contributed by atoms with E-state index in [-0.39, 0.29) is 40.3 Å². The van der Waals surface area contributed by atoms with Gasteiger partial charge in [0.25, 0.3) is 0 Å². The fraction of sp³-hybridized carbons (Fsp3) is 0.300. The summed E-state index contributed by atoms with van der Waals surface area (Å²) in [5.41, 5.74) is 1.05. The summed E-state index contributed by atoms with van der Waals surface area (Å²) in [4.78, 5) is 19.1. The van der Waals surface area contributed by atoms with E-state index in [4.69, 9.17) is 16.3 Å². The predicted molar refractivity (Wildman–Crippen MR) is 122 cm³/mol. The SMILES string of the molecule is COc1cccc(N(CC(=O)Nc2ccc(F)c(Cl)c2)C2=N[C@H]3CS(=O)(=O)C[C@@H]3S2)c1. The lowest BCUT2D eigenvalue weighted by Gasteiger charge is -2.24. The molecule has 2 heterocycles. The molecule has 2 atom stereocenters. The third-order valence-corrected chi connectivity index (χ3v) is 8.44. The number of thioether (sulfide) groups is 1. The first-order valence-corrected chi connectivity index (χ1v) is 12.4. The monoisotopic (exact) mass is 483 g/mol. The zero-order valence-electron chi connectivity index (χ0n) is 16.4. The summed E-state index contributed by atoms with van der Waals surface area (Å²) in [6, 6.07) is 10.8. The van der Waals surface area contributed by atoms with E-state index < -0.39 is 15.7 Å². The molecule has 0 radical (unpaired) electrons. The van der Waals surface area contributed by atoms with Gasteiger partial charge in [-0.05, 0) is 30.3 Å². The first kappa shape index (κ1) is 21.9. The Morgan fingerprint density at radius 2 is 2.13 bits per heavy atom. The second-order valence-electron chi connectivity index (χ2n) is 7.18. The third-order valence-electron chi connectivity index (χ3n) is 4.91. The van der Waals surface area contributed by atoms with Gasteiger partial charge in [-0.1, -0.05) is 29.4 Å². The number of carbonyl (C=O) groups excluding carboxylic acids is 1. The molecule has 2 aromatic rings. The van der Waals surface area contributed by atoms with Crippen LogP contribution in [0.1, 0.15) is 0 Å². The third kappa shape index (κ3) is 4.97. The van der Waals surface area contributed by atoms with Crippen LogP contribution in [0.25, 0.3) is 0 Å². The van der Waals surface area contributed by atoms with Crippen LogP contribution < -0.4 is 15.0 Å². The van der Waals surface area contributed by atoms with Gasteiger partial charge in [0, 0.05) is 22.7 Å². The molecule has 4 rings (SSSR count). The molecule has 1 N–H and O–H groups in total. The van der Waals surface area contributed by atoms with Crippen LogP contribution in [0.5, 0.6) is 5.75 Å². The first-order chi connectivity index (χ1) is 14.7. The molecular weight excluding hydrogens is 465 g/mol. The summed E-state index contributed by atoms with van der Waals surface area (Å²) >= 11 is 7.15. The number of rotatable bonds is 5. The molecule has 1 fully saturated rings. The Morgan fingerprint density at radius 3 is 2.84 bits per heavy atom. The van der Waals surface area contributed by atoms with Gasteiger partial charge in [-0.3, -0.25) is 9.79 Å². The Balaban J connectivity index is 1.58. The van der Waals surface area contributed by atoms with Gasteiger partial charge in [0.2, 0.25) is 5.91 Å². The molecule has 0 aromatic heterocycles. The Bertz CT molecular complexity index is 1160. The van der Waals surface area contributed by atoms with Crippen molar-refractivity contribution < 1.29 is 22.3 Å². The second kappa shape index (κ2) is 8.68. The average Bonchev–Trinajstić information content (AvgIpc) is 3.22. The molecular formula is C20H19ClFN3O4S2. The van der Waals surface area contributed by atoms with Gasteiger partial charge < -0.3 is 15.0 Å². The summed E-state index contributed by atoms with van der Waals surface area (Å²) in [5, 5.41) is 3.03. The van der Waals surface area contributed by atoms with Gasteiger partial charge in [-0.2, -0.15) is 0 Å². The Kier molecular flexibility index (Phi) is 6.14. The minimum absolute atomic E-state index is 0.0143. The minimum Gasteiger partial charge on any atom is -0.497 e. The van der Waals surface area contributed by atoms with Gasteiger partial charge >= 0.3 is 0 Å². The number of nitrogens with zero attached hydrogens (tertiary/aromatic N) is 2.